The second-order valence-electron chi connectivity index (χ2n) is 12.4. The van der Waals surface area contributed by atoms with Gasteiger partial charge in [-0.25, -0.2) is 14.8 Å². The monoisotopic (exact) mass is 682 g/mol. The number of carbonyl (C=O) groups is 3. The summed E-state index contributed by atoms with van der Waals surface area (Å²) in [6.45, 7) is 8.76. The number of imide groups is 1. The smallest absolute Gasteiger partial charge is 0.341 e. The van der Waals surface area contributed by atoms with Gasteiger partial charge in [0.25, 0.3) is 5.91 Å². The average Bonchev–Trinajstić information content (AvgIpc) is 3.64. The van der Waals surface area contributed by atoms with E-state index in [1.54, 1.807) is 17.2 Å². The minimum Gasteiger partial charge on any atom is -0.503 e. The van der Waals surface area contributed by atoms with Gasteiger partial charge in [-0.3, -0.25) is 14.4 Å². The lowest BCUT2D eigenvalue weighted by Gasteiger charge is -2.33. The van der Waals surface area contributed by atoms with Crippen LogP contribution in [0.15, 0.2) is 46.9 Å². The highest BCUT2D eigenvalue weighted by molar-refractivity contribution is 9.10. The van der Waals surface area contributed by atoms with Gasteiger partial charge in [0, 0.05) is 4.88 Å². The molecule has 2 aromatic carbocycles. The number of fused-ring (bicyclic) bond motifs is 2. The lowest BCUT2D eigenvalue weighted by molar-refractivity contribution is -0.126. The molecule has 1 aliphatic carbocycles. The second kappa shape index (κ2) is 11.5. The van der Waals surface area contributed by atoms with Gasteiger partial charge in [0.15, 0.2) is 17.6 Å². The third kappa shape index (κ3) is 4.98. The standard InChI is InChI=1S/C33H35BrN2O7S/c1-6-42-22-15-17(14-21(34)27(22)37)26-25-28(43-36(26)19-10-8-7-9-11-19)30(39)35(29(25)38)31-24(32(40)41-5)20-13-12-18(33(2,3)4)16-23(20)44-31/h7-11,14-15,18,25-26,28,37H,6,12-13,16H2,1-5H3/t18-,25+,26-,28+/m1/s1. The quantitative estimate of drug-likeness (QED) is 0.229. The molecule has 2 amide bonds. The van der Waals surface area contributed by atoms with Crippen molar-refractivity contribution < 1.29 is 33.8 Å². The molecule has 2 saturated heterocycles. The Morgan fingerprint density at radius 2 is 1.89 bits per heavy atom. The number of methoxy groups -OCH3 is 1. The zero-order valence-corrected chi connectivity index (χ0v) is 27.7. The Morgan fingerprint density at radius 3 is 2.55 bits per heavy atom. The van der Waals surface area contributed by atoms with Crippen LogP contribution >= 0.6 is 27.3 Å². The number of esters is 1. The van der Waals surface area contributed by atoms with Crippen molar-refractivity contribution in [2.75, 3.05) is 23.7 Å². The Balaban J connectivity index is 1.45. The molecule has 0 radical (unpaired) electrons. The molecular formula is C33H35BrN2O7S. The molecule has 6 rings (SSSR count). The summed E-state index contributed by atoms with van der Waals surface area (Å²) >= 11 is 4.75. The normalized spacial score (nSPS) is 23.1. The number of amides is 2. The molecule has 44 heavy (non-hydrogen) atoms. The number of phenols is 1. The maximum absolute atomic E-state index is 14.5. The summed E-state index contributed by atoms with van der Waals surface area (Å²) in [4.78, 5) is 50.3. The van der Waals surface area contributed by atoms with Gasteiger partial charge in [-0.1, -0.05) is 39.0 Å². The van der Waals surface area contributed by atoms with Crippen LogP contribution in [-0.4, -0.2) is 42.7 Å². The fraction of sp³-hybridized carbons (Fsp3) is 0.424. The van der Waals surface area contributed by atoms with Gasteiger partial charge in [0.1, 0.15) is 10.9 Å². The Hall–Kier alpha value is -3.41. The molecule has 3 aromatic rings. The van der Waals surface area contributed by atoms with E-state index in [4.69, 9.17) is 14.3 Å². The molecule has 4 atom stereocenters. The number of para-hydroxylation sites is 1. The van der Waals surface area contributed by atoms with Crippen LogP contribution in [0.3, 0.4) is 0 Å². The van der Waals surface area contributed by atoms with Crippen LogP contribution in [0, 0.1) is 17.3 Å². The van der Waals surface area contributed by atoms with Crippen molar-refractivity contribution in [3.63, 3.8) is 0 Å². The lowest BCUT2D eigenvalue weighted by atomic mass is 9.72. The van der Waals surface area contributed by atoms with Crippen molar-refractivity contribution in [2.24, 2.45) is 17.3 Å². The van der Waals surface area contributed by atoms with Crippen molar-refractivity contribution in [3.05, 3.63) is 68.5 Å². The number of hydrogen-bond acceptors (Lipinski definition) is 9. The van der Waals surface area contributed by atoms with Gasteiger partial charge in [-0.2, -0.15) is 0 Å². The van der Waals surface area contributed by atoms with E-state index in [9.17, 15) is 19.5 Å². The summed E-state index contributed by atoms with van der Waals surface area (Å²) in [7, 11) is 1.31. The van der Waals surface area contributed by atoms with Crippen LogP contribution in [0.25, 0.3) is 0 Å². The van der Waals surface area contributed by atoms with Gasteiger partial charge in [-0.05, 0) is 88.8 Å². The average molecular weight is 684 g/mol. The third-order valence-corrected chi connectivity index (χ3v) is 10.7. The van der Waals surface area contributed by atoms with E-state index in [2.05, 4.69) is 36.7 Å². The Bertz CT molecular complexity index is 1630. The van der Waals surface area contributed by atoms with Crippen molar-refractivity contribution in [2.45, 2.75) is 59.1 Å². The molecule has 11 heteroatoms. The van der Waals surface area contributed by atoms with E-state index in [1.165, 1.54) is 18.4 Å². The van der Waals surface area contributed by atoms with Gasteiger partial charge in [0.05, 0.1) is 35.5 Å². The Labute approximate surface area is 268 Å². The third-order valence-electron chi connectivity index (χ3n) is 8.88. The van der Waals surface area contributed by atoms with E-state index >= 15 is 0 Å². The largest absolute Gasteiger partial charge is 0.503 e. The summed E-state index contributed by atoms with van der Waals surface area (Å²) in [5.74, 6) is -1.89. The first-order valence-corrected chi connectivity index (χ1v) is 16.3. The molecule has 0 spiro atoms. The van der Waals surface area contributed by atoms with E-state index in [0.29, 0.717) is 45.2 Å². The van der Waals surface area contributed by atoms with Gasteiger partial charge >= 0.3 is 5.97 Å². The van der Waals surface area contributed by atoms with Crippen molar-refractivity contribution in [1.82, 2.24) is 0 Å². The number of hydroxylamine groups is 1. The molecule has 3 heterocycles. The number of hydrogen-bond donors (Lipinski definition) is 1. The first-order chi connectivity index (χ1) is 21.0. The van der Waals surface area contributed by atoms with Crippen LogP contribution in [-0.2, 0) is 32.0 Å². The summed E-state index contributed by atoms with van der Waals surface area (Å²) in [5.41, 5.74) is 2.51. The number of rotatable bonds is 6. The van der Waals surface area contributed by atoms with E-state index in [-0.39, 0.29) is 16.9 Å². The highest BCUT2D eigenvalue weighted by Gasteiger charge is 2.61. The van der Waals surface area contributed by atoms with Crippen LogP contribution in [0.2, 0.25) is 0 Å². The molecule has 2 fully saturated rings. The van der Waals surface area contributed by atoms with E-state index in [1.807, 2.05) is 37.3 Å². The molecule has 232 valence electrons. The molecule has 0 unspecified atom stereocenters. The van der Waals surface area contributed by atoms with E-state index < -0.39 is 35.8 Å². The predicted octanol–water partition coefficient (Wildman–Crippen LogP) is 6.60. The van der Waals surface area contributed by atoms with Crippen molar-refractivity contribution >= 4 is 55.7 Å². The first kappa shape index (κ1) is 30.6. The number of phenolic OH excluding ortho intramolecular Hbond substituents is 1. The summed E-state index contributed by atoms with van der Waals surface area (Å²) < 4.78 is 11.3. The molecule has 3 aliphatic rings. The Morgan fingerprint density at radius 1 is 1.16 bits per heavy atom. The second-order valence-corrected chi connectivity index (χ2v) is 14.4. The number of nitrogens with zero attached hydrogens (tertiary/aromatic N) is 2. The molecule has 2 aliphatic heterocycles. The highest BCUT2D eigenvalue weighted by atomic mass is 79.9. The van der Waals surface area contributed by atoms with E-state index in [0.717, 1.165) is 28.2 Å². The van der Waals surface area contributed by atoms with Crippen LogP contribution < -0.4 is 14.7 Å². The number of anilines is 2. The minimum atomic E-state index is -1.12. The molecule has 0 saturated carbocycles. The summed E-state index contributed by atoms with van der Waals surface area (Å²) in [6, 6.07) is 11.9. The maximum Gasteiger partial charge on any atom is 0.341 e. The topological polar surface area (TPSA) is 106 Å². The number of carbonyl (C=O) groups excluding carboxylic acids is 3. The van der Waals surface area contributed by atoms with Crippen LogP contribution in [0.1, 0.15) is 66.5 Å². The summed E-state index contributed by atoms with van der Waals surface area (Å²) in [5, 5.41) is 12.5. The van der Waals surface area contributed by atoms with Crippen LogP contribution in [0.5, 0.6) is 11.5 Å². The van der Waals surface area contributed by atoms with Gasteiger partial charge in [-0.15, -0.1) is 11.3 Å². The predicted molar refractivity (Wildman–Crippen MR) is 170 cm³/mol. The number of benzene rings is 2. The molecule has 9 nitrogen and oxygen atoms in total. The molecule has 1 aromatic heterocycles. The molecule has 0 bridgehead atoms. The zero-order valence-electron chi connectivity index (χ0n) is 25.3. The lowest BCUT2D eigenvalue weighted by Crippen LogP contribution is -2.37. The van der Waals surface area contributed by atoms with Crippen LogP contribution in [0.4, 0.5) is 10.7 Å². The molecular weight excluding hydrogens is 648 g/mol. The number of ether oxygens (including phenoxy) is 2. The Kier molecular flexibility index (Phi) is 8.00. The SMILES string of the molecule is CCOc1cc([C@@H]2[C@@H]3C(=O)N(c4sc5c(c4C(=O)OC)CC[C@@H](C(C)(C)C)C5)C(=O)[C@H]3ON2c2ccccc2)cc(Br)c1O. The number of halogens is 1. The first-order valence-electron chi connectivity index (χ1n) is 14.7. The minimum absolute atomic E-state index is 0.0618. The summed E-state index contributed by atoms with van der Waals surface area (Å²) in [6.07, 6.45) is 1.21. The fourth-order valence-electron chi connectivity index (χ4n) is 6.56. The van der Waals surface area contributed by atoms with Gasteiger partial charge < -0.3 is 14.6 Å². The highest BCUT2D eigenvalue weighted by Crippen LogP contribution is 2.52. The number of aromatic hydroxyl groups is 1. The van der Waals surface area contributed by atoms with Gasteiger partial charge in [0.2, 0.25) is 5.91 Å². The maximum atomic E-state index is 14.5. The zero-order chi connectivity index (χ0) is 31.5. The molecule has 1 N–H and O–H groups in total. The van der Waals surface area contributed by atoms with Crippen molar-refractivity contribution in [3.8, 4) is 11.5 Å². The van der Waals surface area contributed by atoms with Crippen molar-refractivity contribution in [1.29, 1.82) is 0 Å². The fourth-order valence-corrected chi connectivity index (χ4v) is 8.45. The number of thiophene rings is 1.